The Bertz CT molecular complexity index is 1650. The average Bonchev–Trinajstić information content (AvgIpc) is 3.02. The van der Waals surface area contributed by atoms with Crippen LogP contribution in [-0.4, -0.2) is 42.3 Å². The van der Waals surface area contributed by atoms with E-state index in [1.54, 1.807) is 48.5 Å². The number of phenols is 1. The molecule has 43 heavy (non-hydrogen) atoms. The van der Waals surface area contributed by atoms with Crippen molar-refractivity contribution in [2.45, 2.75) is 58.1 Å². The highest BCUT2D eigenvalue weighted by atomic mass is 32.2. The van der Waals surface area contributed by atoms with Crippen molar-refractivity contribution < 1.29 is 36.2 Å². The number of ether oxygens (including phenoxy) is 3. The van der Waals surface area contributed by atoms with Crippen molar-refractivity contribution in [1.29, 1.82) is 0 Å². The molecule has 0 saturated carbocycles. The number of methoxy groups -OCH3 is 1. The smallest absolute Gasteiger partial charge is 0.206 e. The Kier molecular flexibility index (Phi) is 11.1. The zero-order valence-electron chi connectivity index (χ0n) is 24.0. The van der Waals surface area contributed by atoms with Crippen LogP contribution in [-0.2, 0) is 19.7 Å². The Hall–Kier alpha value is -4.02. The van der Waals surface area contributed by atoms with Gasteiger partial charge in [0.2, 0.25) is 19.7 Å². The van der Waals surface area contributed by atoms with E-state index < -0.39 is 19.7 Å². The molecular weight excluding hydrogens is 588 g/mol. The molecule has 4 rings (SSSR count). The summed E-state index contributed by atoms with van der Waals surface area (Å²) >= 11 is 0. The van der Waals surface area contributed by atoms with Crippen molar-refractivity contribution in [3.05, 3.63) is 97.1 Å². The van der Waals surface area contributed by atoms with Crippen LogP contribution < -0.4 is 14.2 Å². The molecule has 0 spiro atoms. The van der Waals surface area contributed by atoms with E-state index in [9.17, 15) is 21.9 Å². The Balaban J connectivity index is 1.08. The number of sulfone groups is 2. The van der Waals surface area contributed by atoms with Crippen LogP contribution in [0.1, 0.15) is 38.5 Å². The van der Waals surface area contributed by atoms with Gasteiger partial charge in [-0.2, -0.15) is 0 Å². The van der Waals surface area contributed by atoms with Crippen molar-refractivity contribution in [3.63, 3.8) is 0 Å². The summed E-state index contributed by atoms with van der Waals surface area (Å²) in [4.78, 5) is 0.718. The van der Waals surface area contributed by atoms with Crippen LogP contribution in [0.15, 0.2) is 117 Å². The van der Waals surface area contributed by atoms with Gasteiger partial charge in [-0.1, -0.05) is 25.7 Å². The van der Waals surface area contributed by atoms with Crippen LogP contribution in [0.4, 0.5) is 0 Å². The number of hydrogen-bond donors (Lipinski definition) is 1. The maximum atomic E-state index is 12.8. The van der Waals surface area contributed by atoms with Crippen LogP contribution in [0.3, 0.4) is 0 Å². The number of hydrogen-bond acceptors (Lipinski definition) is 8. The van der Waals surface area contributed by atoms with Gasteiger partial charge in [-0.05, 0) is 110 Å². The zero-order chi connectivity index (χ0) is 30.7. The SMILES string of the molecule is COc1ccc(S(=O)(=O)c2ccc(OCCCCCCCCOc3ccc(S(=O)(=O)c4ccc(O)cc4)cc3)cc2)cc1. The lowest BCUT2D eigenvalue weighted by atomic mass is 10.1. The fourth-order valence-electron chi connectivity index (χ4n) is 4.37. The second-order valence-corrected chi connectivity index (χ2v) is 13.8. The lowest BCUT2D eigenvalue weighted by Crippen LogP contribution is -2.03. The second-order valence-electron chi connectivity index (χ2n) is 9.94. The van der Waals surface area contributed by atoms with Gasteiger partial charge in [0, 0.05) is 0 Å². The average molecular weight is 625 g/mol. The first-order valence-corrected chi connectivity index (χ1v) is 17.1. The molecular formula is C33H36O8S2. The van der Waals surface area contributed by atoms with Gasteiger partial charge >= 0.3 is 0 Å². The summed E-state index contributed by atoms with van der Waals surface area (Å²) in [6, 6.07) is 24.6. The van der Waals surface area contributed by atoms with Crippen molar-refractivity contribution in [3.8, 4) is 23.0 Å². The normalized spacial score (nSPS) is 11.7. The molecule has 0 heterocycles. The molecule has 1 N–H and O–H groups in total. The molecule has 0 aliphatic carbocycles. The maximum absolute atomic E-state index is 12.8. The first-order valence-electron chi connectivity index (χ1n) is 14.1. The molecule has 8 nitrogen and oxygen atoms in total. The molecule has 0 radical (unpaired) electrons. The fourth-order valence-corrected chi connectivity index (χ4v) is 6.90. The molecule has 4 aromatic carbocycles. The monoisotopic (exact) mass is 624 g/mol. The van der Waals surface area contributed by atoms with Gasteiger partial charge in [0.05, 0.1) is 39.9 Å². The summed E-state index contributed by atoms with van der Waals surface area (Å²) in [7, 11) is -5.72. The lowest BCUT2D eigenvalue weighted by Gasteiger charge is -2.09. The minimum absolute atomic E-state index is 0.0126. The van der Waals surface area contributed by atoms with E-state index in [0.29, 0.717) is 30.5 Å². The van der Waals surface area contributed by atoms with E-state index in [-0.39, 0.29) is 25.3 Å². The lowest BCUT2D eigenvalue weighted by molar-refractivity contribution is 0.297. The molecule has 4 aromatic rings. The highest BCUT2D eigenvalue weighted by Gasteiger charge is 2.18. The highest BCUT2D eigenvalue weighted by molar-refractivity contribution is 7.91. The maximum Gasteiger partial charge on any atom is 0.206 e. The second kappa shape index (κ2) is 14.9. The van der Waals surface area contributed by atoms with Gasteiger partial charge in [-0.25, -0.2) is 16.8 Å². The van der Waals surface area contributed by atoms with E-state index in [2.05, 4.69) is 0 Å². The van der Waals surface area contributed by atoms with Crippen LogP contribution in [0, 0.1) is 0 Å². The first kappa shape index (κ1) is 31.9. The third kappa shape index (κ3) is 8.75. The van der Waals surface area contributed by atoms with Gasteiger partial charge in [0.25, 0.3) is 0 Å². The molecule has 10 heteroatoms. The molecule has 0 saturated heterocycles. The van der Waals surface area contributed by atoms with Crippen LogP contribution in [0.5, 0.6) is 23.0 Å². The molecule has 0 aromatic heterocycles. The van der Waals surface area contributed by atoms with Gasteiger partial charge in [-0.15, -0.1) is 0 Å². The molecule has 228 valence electrons. The van der Waals surface area contributed by atoms with Crippen molar-refractivity contribution in [1.82, 2.24) is 0 Å². The summed E-state index contributed by atoms with van der Waals surface area (Å²) in [6.45, 7) is 1.11. The number of benzene rings is 4. The minimum atomic E-state index is -3.65. The predicted molar refractivity (Wildman–Crippen MR) is 164 cm³/mol. The van der Waals surface area contributed by atoms with Gasteiger partial charge in [0.15, 0.2) is 0 Å². The summed E-state index contributed by atoms with van der Waals surface area (Å²) in [6.07, 6.45) is 6.01. The van der Waals surface area contributed by atoms with Gasteiger partial charge < -0.3 is 19.3 Å². The van der Waals surface area contributed by atoms with E-state index >= 15 is 0 Å². The minimum Gasteiger partial charge on any atom is -0.508 e. The summed E-state index contributed by atoms with van der Waals surface area (Å²) in [5.41, 5.74) is 0. The molecule has 0 aliphatic heterocycles. The van der Waals surface area contributed by atoms with Crippen LogP contribution in [0.2, 0.25) is 0 Å². The van der Waals surface area contributed by atoms with E-state index in [1.807, 2.05) is 0 Å². The largest absolute Gasteiger partial charge is 0.508 e. The number of rotatable bonds is 16. The quantitative estimate of drug-likeness (QED) is 0.134. The number of unbranched alkanes of at least 4 members (excludes halogenated alkanes) is 5. The zero-order valence-corrected chi connectivity index (χ0v) is 25.6. The van der Waals surface area contributed by atoms with Gasteiger partial charge in [-0.3, -0.25) is 0 Å². The van der Waals surface area contributed by atoms with Crippen molar-refractivity contribution >= 4 is 19.7 Å². The van der Waals surface area contributed by atoms with E-state index in [1.165, 1.54) is 55.6 Å². The number of aromatic hydroxyl groups is 1. The van der Waals surface area contributed by atoms with Crippen LogP contribution >= 0.6 is 0 Å². The fraction of sp³-hybridized carbons (Fsp3) is 0.273. The first-order chi connectivity index (χ1) is 20.7. The summed E-state index contributed by atoms with van der Waals surface area (Å²) in [5.74, 6) is 1.87. The third-order valence-electron chi connectivity index (χ3n) is 6.86. The van der Waals surface area contributed by atoms with E-state index in [0.717, 1.165) is 38.5 Å². The predicted octanol–water partition coefficient (Wildman–Crippen LogP) is 6.86. The van der Waals surface area contributed by atoms with Crippen LogP contribution in [0.25, 0.3) is 0 Å². The molecule has 0 unspecified atom stereocenters. The Morgan fingerprint density at radius 1 is 0.465 bits per heavy atom. The molecule has 0 atom stereocenters. The molecule has 0 aliphatic rings. The summed E-state index contributed by atoms with van der Waals surface area (Å²) < 4.78 is 67.7. The topological polar surface area (TPSA) is 116 Å². The standard InChI is InChI=1S/C33H36O8S2/c1-39-27-10-18-31(19-11-27)43(37,38)33-22-14-29(15-23-33)41-25-7-5-3-2-4-6-24-40-28-12-20-32(21-13-28)42(35,36)30-16-8-26(34)9-17-30/h8-23,34H,2-7,24-25H2,1H3. The van der Waals surface area contributed by atoms with Crippen molar-refractivity contribution in [2.75, 3.05) is 20.3 Å². The Morgan fingerprint density at radius 2 is 0.767 bits per heavy atom. The number of phenolic OH excluding ortho intramolecular Hbond substituents is 1. The Morgan fingerprint density at radius 3 is 1.12 bits per heavy atom. The summed E-state index contributed by atoms with van der Waals surface area (Å²) in [5, 5.41) is 9.38. The highest BCUT2D eigenvalue weighted by Crippen LogP contribution is 2.26. The van der Waals surface area contributed by atoms with Gasteiger partial charge in [0.1, 0.15) is 23.0 Å². The van der Waals surface area contributed by atoms with Crippen molar-refractivity contribution in [2.24, 2.45) is 0 Å². The Labute approximate surface area is 253 Å². The third-order valence-corrected chi connectivity index (χ3v) is 10.4. The molecule has 0 bridgehead atoms. The van der Waals surface area contributed by atoms with E-state index in [4.69, 9.17) is 14.2 Å². The molecule has 0 fully saturated rings. The molecule has 0 amide bonds.